The van der Waals surface area contributed by atoms with Crippen LogP contribution in [0.3, 0.4) is 0 Å². The van der Waals surface area contributed by atoms with Crippen LogP contribution in [0.1, 0.15) is 0 Å². The van der Waals surface area contributed by atoms with Gasteiger partial charge in [0.05, 0.1) is 10.8 Å². The van der Waals surface area contributed by atoms with Crippen LogP contribution < -0.4 is 0 Å². The van der Waals surface area contributed by atoms with Crippen molar-refractivity contribution in [3.8, 4) is 11.7 Å². The molecule has 0 rings (SSSR count). The molecule has 0 amide bonds. The highest BCUT2D eigenvalue weighted by Crippen LogP contribution is 2.04. The van der Waals surface area contributed by atoms with Crippen LogP contribution in [0.4, 0.5) is 0 Å². The summed E-state index contributed by atoms with van der Waals surface area (Å²) in [5.74, 6) is 0. The molecule has 0 spiro atoms. The van der Waals surface area contributed by atoms with E-state index in [2.05, 4.69) is 6.42 Å². The maximum atomic E-state index is 10.1. The summed E-state index contributed by atoms with van der Waals surface area (Å²) >= 11 is 0. The molecule has 0 atom stereocenters. The number of hydrogen-bond donors (Lipinski definition) is 0. The van der Waals surface area contributed by atoms with Crippen molar-refractivity contribution in [2.45, 2.75) is 0 Å². The molecule has 0 aromatic carbocycles. The minimum atomic E-state index is -2.99. The van der Waals surface area contributed by atoms with Gasteiger partial charge in [0.25, 0.3) is 0 Å². The molecule has 0 bridgehead atoms. The van der Waals surface area contributed by atoms with E-state index in [4.69, 9.17) is 0 Å². The van der Waals surface area contributed by atoms with Crippen LogP contribution in [0, 0.1) is 11.7 Å². The second-order valence-corrected chi connectivity index (χ2v) is 5.03. The highest BCUT2D eigenvalue weighted by molar-refractivity contribution is 8.73. The van der Waals surface area contributed by atoms with Crippen molar-refractivity contribution < 1.29 is 8.42 Å². The van der Waals surface area contributed by atoms with Gasteiger partial charge < -0.3 is 0 Å². The zero-order chi connectivity index (χ0) is 5.91. The summed E-state index contributed by atoms with van der Waals surface area (Å²) in [6.45, 7) is 0. The fourth-order valence-corrected chi connectivity index (χ4v) is 0.787. The van der Waals surface area contributed by atoms with Crippen LogP contribution in [0.15, 0.2) is 0 Å². The van der Waals surface area contributed by atoms with E-state index in [-0.39, 0.29) is 0 Å². The number of terminal acetylenes is 1. The normalized spacial score (nSPS) is 10.3. The zero-order valence-electron chi connectivity index (χ0n) is 3.71. The van der Waals surface area contributed by atoms with E-state index < -0.39 is 8.87 Å². The van der Waals surface area contributed by atoms with E-state index in [0.717, 1.165) is 6.26 Å². The molecule has 0 aliphatic rings. The summed E-state index contributed by atoms with van der Waals surface area (Å²) in [4.78, 5) is 0. The fourth-order valence-electron chi connectivity index (χ4n) is 0.0874. The molecular weight excluding hydrogens is 132 g/mol. The molecule has 0 N–H and O–H groups in total. The van der Waals surface area contributed by atoms with E-state index in [9.17, 15) is 8.42 Å². The lowest BCUT2D eigenvalue weighted by Gasteiger charge is -1.79. The van der Waals surface area contributed by atoms with Crippen molar-refractivity contribution in [2.75, 3.05) is 6.26 Å². The van der Waals surface area contributed by atoms with E-state index in [0.29, 0.717) is 10.8 Å². The van der Waals surface area contributed by atoms with E-state index in [1.165, 1.54) is 0 Å². The minimum absolute atomic E-state index is 0.488. The van der Waals surface area contributed by atoms with E-state index in [1.54, 1.807) is 0 Å². The van der Waals surface area contributed by atoms with Crippen LogP contribution in [0.5, 0.6) is 0 Å². The molecule has 0 aliphatic heterocycles. The molecule has 0 heterocycles. The summed E-state index contributed by atoms with van der Waals surface area (Å²) in [7, 11) is -2.51. The Labute approximate surface area is 46.6 Å². The maximum Gasteiger partial charge on any atom is 0.210 e. The van der Waals surface area contributed by atoms with Gasteiger partial charge in [-0.15, -0.1) is 6.42 Å². The average molecular weight is 136 g/mol. The smallest absolute Gasteiger partial charge is 0.210 e. The van der Waals surface area contributed by atoms with Gasteiger partial charge in [-0.2, -0.15) is 0 Å². The molecule has 0 radical (unpaired) electrons. The van der Waals surface area contributed by atoms with Gasteiger partial charge in [-0.3, -0.25) is 0 Å². The Bertz CT molecular complexity index is 172. The average Bonchev–Trinajstić information content (AvgIpc) is 1.30. The quantitative estimate of drug-likeness (QED) is 0.383. The molecule has 7 heavy (non-hydrogen) atoms. The first kappa shape index (κ1) is 6.86. The molecule has 0 saturated carbocycles. The Hall–Kier alpha value is -0.140. The van der Waals surface area contributed by atoms with Crippen LogP contribution in [0.25, 0.3) is 0 Å². The molecule has 0 aromatic heterocycles. The van der Waals surface area contributed by atoms with Crippen LogP contribution in [0.2, 0.25) is 0 Å². The molecule has 0 fully saturated rings. The number of hydrogen-bond acceptors (Lipinski definition) is 3. The fraction of sp³-hybridized carbons (Fsp3) is 0.333. The lowest BCUT2D eigenvalue weighted by Crippen LogP contribution is -1.82. The molecule has 2 nitrogen and oxygen atoms in total. The van der Waals surface area contributed by atoms with Gasteiger partial charge in [-0.25, -0.2) is 8.42 Å². The monoisotopic (exact) mass is 136 g/mol. The Morgan fingerprint density at radius 2 is 2.14 bits per heavy atom. The van der Waals surface area contributed by atoms with Crippen molar-refractivity contribution in [1.29, 1.82) is 0 Å². The van der Waals surface area contributed by atoms with Crippen molar-refractivity contribution in [1.82, 2.24) is 0 Å². The molecule has 0 saturated heterocycles. The third kappa shape index (κ3) is 5.86. The van der Waals surface area contributed by atoms with E-state index in [1.807, 2.05) is 5.25 Å². The molecule has 40 valence electrons. The van der Waals surface area contributed by atoms with Crippen LogP contribution >= 0.6 is 10.8 Å². The summed E-state index contributed by atoms with van der Waals surface area (Å²) < 4.78 is 20.1. The zero-order valence-corrected chi connectivity index (χ0v) is 5.34. The van der Waals surface area contributed by atoms with Crippen LogP contribution in [-0.4, -0.2) is 14.7 Å². The number of rotatable bonds is 1. The maximum absolute atomic E-state index is 10.1. The first-order chi connectivity index (χ1) is 3.06. The Morgan fingerprint density at radius 3 is 2.14 bits per heavy atom. The Kier molecular flexibility index (Phi) is 2.20. The minimum Gasteiger partial charge on any atom is -0.217 e. The highest BCUT2D eigenvalue weighted by atomic mass is 33.1. The lowest BCUT2D eigenvalue weighted by molar-refractivity contribution is 0.616. The van der Waals surface area contributed by atoms with Crippen molar-refractivity contribution >= 4 is 19.7 Å². The first-order valence-electron chi connectivity index (χ1n) is 1.40. The SMILES string of the molecule is C#CSS(C)(=O)=O. The second-order valence-electron chi connectivity index (χ2n) is 0.905. The van der Waals surface area contributed by atoms with Crippen molar-refractivity contribution in [3.05, 3.63) is 0 Å². The van der Waals surface area contributed by atoms with Crippen LogP contribution in [-0.2, 0) is 8.87 Å². The summed E-state index contributed by atoms with van der Waals surface area (Å²) in [5, 5.41) is 1.94. The topological polar surface area (TPSA) is 34.1 Å². The van der Waals surface area contributed by atoms with Crippen molar-refractivity contribution in [2.24, 2.45) is 0 Å². The lowest BCUT2D eigenvalue weighted by atomic mass is 11.4. The molecule has 0 unspecified atom stereocenters. The van der Waals surface area contributed by atoms with Gasteiger partial charge in [0.1, 0.15) is 0 Å². The second kappa shape index (κ2) is 2.24. The molecular formula is C3H4O2S2. The standard InChI is InChI=1S/C3H4O2S2/c1-3-6-7(2,4)5/h1H,2H3. The Balaban J connectivity index is 3.92. The van der Waals surface area contributed by atoms with Gasteiger partial charge in [0, 0.05) is 6.26 Å². The Morgan fingerprint density at radius 1 is 1.71 bits per heavy atom. The van der Waals surface area contributed by atoms with Gasteiger partial charge in [-0.1, -0.05) is 0 Å². The third-order valence-corrected chi connectivity index (χ3v) is 1.80. The molecule has 4 heteroatoms. The van der Waals surface area contributed by atoms with Gasteiger partial charge >= 0.3 is 0 Å². The summed E-state index contributed by atoms with van der Waals surface area (Å²) in [5.41, 5.74) is 0. The predicted octanol–water partition coefficient (Wildman–Crippen LogP) is 0.270. The largest absolute Gasteiger partial charge is 0.217 e. The first-order valence-corrected chi connectivity index (χ1v) is 4.63. The molecule has 0 aromatic rings. The summed E-state index contributed by atoms with van der Waals surface area (Å²) in [6, 6.07) is 0. The molecule has 0 aliphatic carbocycles. The summed E-state index contributed by atoms with van der Waals surface area (Å²) in [6.07, 6.45) is 5.72. The van der Waals surface area contributed by atoms with E-state index >= 15 is 0 Å². The van der Waals surface area contributed by atoms with Gasteiger partial charge in [0.2, 0.25) is 8.87 Å². The highest BCUT2D eigenvalue weighted by Gasteiger charge is 1.95. The van der Waals surface area contributed by atoms with Crippen molar-refractivity contribution in [3.63, 3.8) is 0 Å². The predicted molar refractivity (Wildman–Crippen MR) is 31.3 cm³/mol. The van der Waals surface area contributed by atoms with Gasteiger partial charge in [0.15, 0.2) is 0 Å². The third-order valence-electron chi connectivity index (χ3n) is 0.199. The van der Waals surface area contributed by atoms with Gasteiger partial charge in [-0.05, 0) is 5.25 Å².